The van der Waals surface area contributed by atoms with E-state index in [1.165, 1.54) is 9.75 Å². The Morgan fingerprint density at radius 3 is 2.29 bits per heavy atom. The molecule has 114 valence electrons. The summed E-state index contributed by atoms with van der Waals surface area (Å²) in [6.45, 7) is 7.88. The molecule has 2 aromatic rings. The quantitative estimate of drug-likeness (QED) is 0.771. The summed E-state index contributed by atoms with van der Waals surface area (Å²) in [6, 6.07) is 9.45. The Bertz CT molecular complexity index is 584. The van der Waals surface area contributed by atoms with Crippen molar-refractivity contribution in [3.8, 4) is 5.75 Å². The second kappa shape index (κ2) is 7.01. The molecule has 0 aliphatic carbocycles. The van der Waals surface area contributed by atoms with Gasteiger partial charge in [0.15, 0.2) is 0 Å². The van der Waals surface area contributed by atoms with Gasteiger partial charge in [0.1, 0.15) is 12.4 Å². The van der Waals surface area contributed by atoms with E-state index < -0.39 is 0 Å². The van der Waals surface area contributed by atoms with Gasteiger partial charge in [0.25, 0.3) is 0 Å². The molecular weight excluding hydrogens is 325 g/mol. The minimum absolute atomic E-state index is 0.123. The van der Waals surface area contributed by atoms with Crippen molar-refractivity contribution in [3.63, 3.8) is 0 Å². The number of hydrogen-bond acceptors (Lipinski definition) is 3. The van der Waals surface area contributed by atoms with Crippen LogP contribution in [0.2, 0.25) is 10.0 Å². The lowest BCUT2D eigenvalue weighted by Gasteiger charge is -2.19. The van der Waals surface area contributed by atoms with E-state index in [-0.39, 0.29) is 5.54 Å². The molecule has 0 aliphatic rings. The highest BCUT2D eigenvalue weighted by Gasteiger charge is 2.09. The molecule has 0 bridgehead atoms. The Balaban J connectivity index is 1.90. The molecule has 1 aromatic carbocycles. The van der Waals surface area contributed by atoms with Gasteiger partial charge in [-0.1, -0.05) is 23.2 Å². The predicted octanol–water partition coefficient (Wildman–Crippen LogP) is 5.52. The predicted molar refractivity (Wildman–Crippen MR) is 91.7 cm³/mol. The van der Waals surface area contributed by atoms with Crippen molar-refractivity contribution in [1.82, 2.24) is 5.32 Å². The fraction of sp³-hybridized carbons (Fsp3) is 0.375. The van der Waals surface area contributed by atoms with Gasteiger partial charge in [-0.2, -0.15) is 0 Å². The van der Waals surface area contributed by atoms with Crippen LogP contribution in [-0.4, -0.2) is 5.54 Å². The first-order chi connectivity index (χ1) is 9.82. The number of halogens is 2. The van der Waals surface area contributed by atoms with Crippen molar-refractivity contribution >= 4 is 34.5 Å². The van der Waals surface area contributed by atoms with Crippen LogP contribution in [0.3, 0.4) is 0 Å². The van der Waals surface area contributed by atoms with Gasteiger partial charge >= 0.3 is 0 Å². The molecule has 0 radical (unpaired) electrons. The summed E-state index contributed by atoms with van der Waals surface area (Å²) in [5, 5.41) is 4.64. The van der Waals surface area contributed by atoms with Gasteiger partial charge in [-0.25, -0.2) is 0 Å². The first-order valence-corrected chi connectivity index (χ1v) is 8.30. The lowest BCUT2D eigenvalue weighted by atomic mass is 10.1. The smallest absolute Gasteiger partial charge is 0.122 e. The summed E-state index contributed by atoms with van der Waals surface area (Å²) in [5.41, 5.74) is 0.123. The number of ether oxygens (including phenoxy) is 1. The maximum Gasteiger partial charge on any atom is 0.122 e. The van der Waals surface area contributed by atoms with Crippen LogP contribution in [0.5, 0.6) is 5.75 Å². The van der Waals surface area contributed by atoms with E-state index >= 15 is 0 Å². The van der Waals surface area contributed by atoms with E-state index in [0.29, 0.717) is 22.4 Å². The highest BCUT2D eigenvalue weighted by Crippen LogP contribution is 2.26. The van der Waals surface area contributed by atoms with Crippen LogP contribution < -0.4 is 10.1 Å². The molecule has 2 rings (SSSR count). The molecule has 0 saturated carbocycles. The van der Waals surface area contributed by atoms with Crippen molar-refractivity contribution in [1.29, 1.82) is 0 Å². The van der Waals surface area contributed by atoms with Gasteiger partial charge in [0.05, 0.1) is 0 Å². The third-order valence-corrected chi connectivity index (χ3v) is 4.22. The maximum absolute atomic E-state index is 5.95. The zero-order chi connectivity index (χ0) is 15.5. The van der Waals surface area contributed by atoms with Crippen molar-refractivity contribution < 1.29 is 4.74 Å². The standard InChI is InChI=1S/C16H19Cl2NOS/c1-16(2,3)19-9-14-4-5-15(21-14)10-20-13-7-11(17)6-12(18)8-13/h4-8,19H,9-10H2,1-3H3. The average molecular weight is 344 g/mol. The minimum atomic E-state index is 0.123. The molecule has 1 heterocycles. The summed E-state index contributed by atoms with van der Waals surface area (Å²) >= 11 is 13.6. The molecule has 0 atom stereocenters. The fourth-order valence-electron chi connectivity index (χ4n) is 1.71. The molecule has 2 nitrogen and oxygen atoms in total. The summed E-state index contributed by atoms with van der Waals surface area (Å²) in [6.07, 6.45) is 0. The molecule has 1 N–H and O–H groups in total. The number of nitrogens with one attached hydrogen (secondary N) is 1. The molecule has 21 heavy (non-hydrogen) atoms. The SMILES string of the molecule is CC(C)(C)NCc1ccc(COc2cc(Cl)cc(Cl)c2)s1. The lowest BCUT2D eigenvalue weighted by Crippen LogP contribution is -2.34. The van der Waals surface area contributed by atoms with Crippen LogP contribution in [-0.2, 0) is 13.2 Å². The van der Waals surface area contributed by atoms with E-state index in [0.717, 1.165) is 6.54 Å². The Morgan fingerprint density at radius 1 is 1.05 bits per heavy atom. The van der Waals surface area contributed by atoms with Crippen LogP contribution in [0.25, 0.3) is 0 Å². The van der Waals surface area contributed by atoms with Gasteiger partial charge in [0, 0.05) is 31.9 Å². The monoisotopic (exact) mass is 343 g/mol. The third-order valence-electron chi connectivity index (χ3n) is 2.73. The van der Waals surface area contributed by atoms with Crippen molar-refractivity contribution in [3.05, 3.63) is 50.1 Å². The molecule has 0 aliphatic heterocycles. The summed E-state index contributed by atoms with van der Waals surface area (Å²) in [4.78, 5) is 2.48. The van der Waals surface area contributed by atoms with Crippen LogP contribution in [0, 0.1) is 0 Å². The van der Waals surface area contributed by atoms with Crippen molar-refractivity contribution in [2.75, 3.05) is 0 Å². The van der Waals surface area contributed by atoms with Gasteiger partial charge < -0.3 is 10.1 Å². The van der Waals surface area contributed by atoms with E-state index in [1.807, 2.05) is 0 Å². The van der Waals surface area contributed by atoms with E-state index in [1.54, 1.807) is 29.5 Å². The molecule has 0 amide bonds. The topological polar surface area (TPSA) is 21.3 Å². The van der Waals surface area contributed by atoms with Crippen LogP contribution in [0.15, 0.2) is 30.3 Å². The summed E-state index contributed by atoms with van der Waals surface area (Å²) < 4.78 is 5.73. The Hall–Kier alpha value is -0.740. The van der Waals surface area contributed by atoms with Crippen LogP contribution in [0.4, 0.5) is 0 Å². The van der Waals surface area contributed by atoms with E-state index in [9.17, 15) is 0 Å². The highest BCUT2D eigenvalue weighted by atomic mass is 35.5. The third kappa shape index (κ3) is 5.87. The zero-order valence-corrected chi connectivity index (χ0v) is 14.7. The first kappa shape index (κ1) is 16.6. The van der Waals surface area contributed by atoms with Crippen LogP contribution in [0.1, 0.15) is 30.5 Å². The Kier molecular flexibility index (Phi) is 5.55. The number of rotatable bonds is 5. The largest absolute Gasteiger partial charge is 0.488 e. The number of thiophene rings is 1. The van der Waals surface area contributed by atoms with Crippen molar-refractivity contribution in [2.45, 2.75) is 39.5 Å². The van der Waals surface area contributed by atoms with Crippen molar-refractivity contribution in [2.24, 2.45) is 0 Å². The lowest BCUT2D eigenvalue weighted by molar-refractivity contribution is 0.310. The molecule has 0 saturated heterocycles. The zero-order valence-electron chi connectivity index (χ0n) is 12.4. The molecule has 0 spiro atoms. The van der Waals surface area contributed by atoms with Gasteiger partial charge in [-0.15, -0.1) is 11.3 Å². The highest BCUT2D eigenvalue weighted by molar-refractivity contribution is 7.11. The second-order valence-corrected chi connectivity index (χ2v) is 7.99. The summed E-state index contributed by atoms with van der Waals surface area (Å²) in [7, 11) is 0. The van der Waals surface area contributed by atoms with Gasteiger partial charge in [0.2, 0.25) is 0 Å². The summed E-state index contributed by atoms with van der Waals surface area (Å²) in [5.74, 6) is 0.690. The molecule has 5 heteroatoms. The van der Waals surface area contributed by atoms with E-state index in [2.05, 4.69) is 38.2 Å². The molecule has 0 fully saturated rings. The van der Waals surface area contributed by atoms with E-state index in [4.69, 9.17) is 27.9 Å². The fourth-order valence-corrected chi connectivity index (χ4v) is 3.09. The van der Waals surface area contributed by atoms with Gasteiger partial charge in [-0.3, -0.25) is 0 Å². The Labute approximate surface area is 140 Å². The number of hydrogen-bond donors (Lipinski definition) is 1. The Morgan fingerprint density at radius 2 is 1.67 bits per heavy atom. The van der Waals surface area contributed by atoms with Crippen LogP contribution >= 0.6 is 34.5 Å². The maximum atomic E-state index is 5.95. The second-order valence-electron chi connectivity index (χ2n) is 5.87. The molecule has 0 unspecified atom stereocenters. The number of benzene rings is 1. The molecule has 1 aromatic heterocycles. The van der Waals surface area contributed by atoms with Gasteiger partial charge in [-0.05, 0) is 51.1 Å². The minimum Gasteiger partial charge on any atom is -0.488 e. The average Bonchev–Trinajstić information content (AvgIpc) is 2.80. The normalized spacial score (nSPS) is 11.7. The first-order valence-electron chi connectivity index (χ1n) is 6.73. The molecular formula is C16H19Cl2NOS.